The Morgan fingerprint density at radius 1 is 1.29 bits per heavy atom. The summed E-state index contributed by atoms with van der Waals surface area (Å²) in [6.45, 7) is 4.47. The summed E-state index contributed by atoms with van der Waals surface area (Å²) >= 11 is 11.8. The molecule has 3 rings (SSSR count). The second-order valence-electron chi connectivity index (χ2n) is 6.31. The normalized spacial score (nSPS) is 13.7. The molecular weight excluding hydrogens is 343 g/mol. The van der Waals surface area contributed by atoms with Crippen LogP contribution in [0.25, 0.3) is 0 Å². The fourth-order valence-electron chi connectivity index (χ4n) is 2.66. The predicted octanol–water partition coefficient (Wildman–Crippen LogP) is 5.46. The van der Waals surface area contributed by atoms with Gasteiger partial charge < -0.3 is 10.2 Å². The van der Waals surface area contributed by atoms with E-state index in [0.717, 1.165) is 24.1 Å². The smallest absolute Gasteiger partial charge is 0.173 e. The summed E-state index contributed by atoms with van der Waals surface area (Å²) < 4.78 is 14.1. The molecule has 2 nitrogen and oxygen atoms in total. The highest BCUT2D eigenvalue weighted by Crippen LogP contribution is 2.31. The Hall–Kier alpha value is -1.65. The molecule has 0 aliphatic heterocycles. The van der Waals surface area contributed by atoms with Gasteiger partial charge >= 0.3 is 0 Å². The molecule has 1 saturated carbocycles. The number of hydrogen-bond acceptors (Lipinski definition) is 1. The number of anilines is 1. The summed E-state index contributed by atoms with van der Waals surface area (Å²) in [5, 5.41) is 4.38. The van der Waals surface area contributed by atoms with Crippen LogP contribution in [-0.4, -0.2) is 16.1 Å². The van der Waals surface area contributed by atoms with E-state index in [9.17, 15) is 4.39 Å². The Morgan fingerprint density at radius 3 is 2.71 bits per heavy atom. The largest absolute Gasteiger partial charge is 0.342 e. The molecule has 0 heterocycles. The zero-order valence-corrected chi connectivity index (χ0v) is 15.3. The number of nitrogens with zero attached hydrogens (tertiary/aromatic N) is 1. The van der Waals surface area contributed by atoms with Gasteiger partial charge in [-0.3, -0.25) is 0 Å². The quantitative estimate of drug-likeness (QED) is 0.727. The number of aryl methyl sites for hydroxylation is 2. The third-order valence-electron chi connectivity index (χ3n) is 4.27. The van der Waals surface area contributed by atoms with Crippen molar-refractivity contribution >= 4 is 34.6 Å². The lowest BCUT2D eigenvalue weighted by atomic mass is 10.1. The van der Waals surface area contributed by atoms with Gasteiger partial charge in [0, 0.05) is 28.9 Å². The van der Waals surface area contributed by atoms with E-state index in [1.165, 1.54) is 11.6 Å². The fourth-order valence-corrected chi connectivity index (χ4v) is 3.21. The van der Waals surface area contributed by atoms with Gasteiger partial charge in [-0.05, 0) is 68.2 Å². The van der Waals surface area contributed by atoms with Gasteiger partial charge in [0.15, 0.2) is 5.11 Å². The van der Waals surface area contributed by atoms with Gasteiger partial charge in [-0.25, -0.2) is 4.39 Å². The van der Waals surface area contributed by atoms with Gasteiger partial charge in [-0.1, -0.05) is 29.8 Å². The second kappa shape index (κ2) is 7.08. The maximum Gasteiger partial charge on any atom is 0.173 e. The van der Waals surface area contributed by atoms with Crippen molar-refractivity contribution in [3.8, 4) is 0 Å². The zero-order chi connectivity index (χ0) is 17.3. The molecule has 2 aromatic rings. The Bertz CT molecular complexity index is 754. The minimum Gasteiger partial charge on any atom is -0.342 e. The number of thiocarbonyl (C=S) groups is 1. The minimum absolute atomic E-state index is 0.289. The molecule has 126 valence electrons. The Labute approximate surface area is 152 Å². The lowest BCUT2D eigenvalue weighted by molar-refractivity contribution is 0.400. The Kier molecular flexibility index (Phi) is 5.07. The van der Waals surface area contributed by atoms with Crippen LogP contribution in [0.1, 0.15) is 29.5 Å². The van der Waals surface area contributed by atoms with Crippen LogP contribution in [0, 0.1) is 19.7 Å². The van der Waals surface area contributed by atoms with Gasteiger partial charge in [-0.15, -0.1) is 0 Å². The average molecular weight is 363 g/mol. The van der Waals surface area contributed by atoms with Gasteiger partial charge in [0.1, 0.15) is 5.82 Å². The molecular formula is C19H20ClFN2S. The number of benzene rings is 2. The lowest BCUT2D eigenvalue weighted by Crippen LogP contribution is -2.36. The summed E-state index contributed by atoms with van der Waals surface area (Å²) in [4.78, 5) is 2.04. The molecule has 1 aliphatic rings. The van der Waals surface area contributed by atoms with Crippen LogP contribution in [0.2, 0.25) is 5.02 Å². The second-order valence-corrected chi connectivity index (χ2v) is 7.10. The van der Waals surface area contributed by atoms with Crippen LogP contribution in [0.4, 0.5) is 10.1 Å². The third kappa shape index (κ3) is 3.87. The van der Waals surface area contributed by atoms with E-state index >= 15 is 0 Å². The summed E-state index contributed by atoms with van der Waals surface area (Å²) in [5.74, 6) is -0.289. The zero-order valence-electron chi connectivity index (χ0n) is 13.8. The molecule has 1 fully saturated rings. The van der Waals surface area contributed by atoms with E-state index < -0.39 is 0 Å². The highest BCUT2D eigenvalue weighted by molar-refractivity contribution is 7.80. The van der Waals surface area contributed by atoms with Crippen LogP contribution in [-0.2, 0) is 6.54 Å². The highest BCUT2D eigenvalue weighted by atomic mass is 35.5. The highest BCUT2D eigenvalue weighted by Gasteiger charge is 2.32. The molecule has 0 unspecified atom stereocenters. The number of halogens is 2. The third-order valence-corrected chi connectivity index (χ3v) is 4.96. The molecule has 0 atom stereocenters. The Balaban J connectivity index is 1.81. The SMILES string of the molecule is Cc1ccc(C)c(NC(=S)N(Cc2c(F)cccc2Cl)C2CC2)c1. The molecule has 0 amide bonds. The first kappa shape index (κ1) is 17.2. The van der Waals surface area contributed by atoms with Crippen molar-refractivity contribution in [3.05, 3.63) is 63.9 Å². The molecule has 0 bridgehead atoms. The van der Waals surface area contributed by atoms with Crippen LogP contribution < -0.4 is 5.32 Å². The summed E-state index contributed by atoms with van der Waals surface area (Å²) in [6.07, 6.45) is 2.14. The van der Waals surface area contributed by atoms with Gasteiger partial charge in [0.05, 0.1) is 0 Å². The van der Waals surface area contributed by atoms with E-state index in [0.29, 0.717) is 28.3 Å². The number of hydrogen-bond donors (Lipinski definition) is 1. The summed E-state index contributed by atoms with van der Waals surface area (Å²) in [5.41, 5.74) is 3.78. The topological polar surface area (TPSA) is 15.3 Å². The molecule has 0 radical (unpaired) electrons. The van der Waals surface area contributed by atoms with Gasteiger partial charge in [0.25, 0.3) is 0 Å². The van der Waals surface area contributed by atoms with E-state index in [4.69, 9.17) is 23.8 Å². The first-order chi connectivity index (χ1) is 11.5. The molecule has 2 aromatic carbocycles. The molecule has 1 aliphatic carbocycles. The van der Waals surface area contributed by atoms with Crippen molar-refractivity contribution in [1.29, 1.82) is 0 Å². The van der Waals surface area contributed by atoms with Gasteiger partial charge in [-0.2, -0.15) is 0 Å². The average Bonchev–Trinajstić information content (AvgIpc) is 3.35. The van der Waals surface area contributed by atoms with Crippen molar-refractivity contribution < 1.29 is 4.39 Å². The minimum atomic E-state index is -0.289. The van der Waals surface area contributed by atoms with Crippen molar-refractivity contribution in [2.45, 2.75) is 39.3 Å². The van der Waals surface area contributed by atoms with Crippen LogP contribution in [0.5, 0.6) is 0 Å². The predicted molar refractivity (Wildman–Crippen MR) is 102 cm³/mol. The van der Waals surface area contributed by atoms with E-state index in [1.54, 1.807) is 12.1 Å². The lowest BCUT2D eigenvalue weighted by Gasteiger charge is -2.27. The van der Waals surface area contributed by atoms with E-state index in [-0.39, 0.29) is 5.82 Å². The number of nitrogens with one attached hydrogen (secondary N) is 1. The molecule has 0 aromatic heterocycles. The fraction of sp³-hybridized carbons (Fsp3) is 0.316. The summed E-state index contributed by atoms with van der Waals surface area (Å²) in [6, 6.07) is 11.3. The first-order valence-electron chi connectivity index (χ1n) is 8.03. The molecule has 1 N–H and O–H groups in total. The van der Waals surface area contributed by atoms with Crippen molar-refractivity contribution in [1.82, 2.24) is 4.90 Å². The molecule has 24 heavy (non-hydrogen) atoms. The monoisotopic (exact) mass is 362 g/mol. The van der Waals surface area contributed by atoms with Crippen molar-refractivity contribution in [2.75, 3.05) is 5.32 Å². The molecule has 0 spiro atoms. The number of rotatable bonds is 4. The standard InChI is InChI=1S/C19H20ClFN2S/c1-12-6-7-13(2)18(10-12)22-19(24)23(14-8-9-14)11-15-16(20)4-3-5-17(15)21/h3-7,10,14H,8-9,11H2,1-2H3,(H,22,24). The van der Waals surface area contributed by atoms with Crippen LogP contribution >= 0.6 is 23.8 Å². The van der Waals surface area contributed by atoms with Crippen molar-refractivity contribution in [3.63, 3.8) is 0 Å². The van der Waals surface area contributed by atoms with Crippen LogP contribution in [0.15, 0.2) is 36.4 Å². The summed E-state index contributed by atoms with van der Waals surface area (Å²) in [7, 11) is 0. The van der Waals surface area contributed by atoms with E-state index in [2.05, 4.69) is 23.5 Å². The molecule has 5 heteroatoms. The Morgan fingerprint density at radius 2 is 2.04 bits per heavy atom. The molecule has 0 saturated heterocycles. The maximum atomic E-state index is 14.1. The van der Waals surface area contributed by atoms with Gasteiger partial charge in [0.2, 0.25) is 0 Å². The maximum absolute atomic E-state index is 14.1. The van der Waals surface area contributed by atoms with Crippen molar-refractivity contribution in [2.24, 2.45) is 0 Å². The van der Waals surface area contributed by atoms with E-state index in [1.807, 2.05) is 18.7 Å². The first-order valence-corrected chi connectivity index (χ1v) is 8.82. The van der Waals surface area contributed by atoms with Crippen LogP contribution in [0.3, 0.4) is 0 Å².